The second-order valence-corrected chi connectivity index (χ2v) is 4.83. The Hall–Kier alpha value is -0.350. The highest BCUT2D eigenvalue weighted by Gasteiger charge is 2.06. The summed E-state index contributed by atoms with van der Waals surface area (Å²) in [6.45, 7) is 2.27. The lowest BCUT2D eigenvalue weighted by atomic mass is 10.0. The van der Waals surface area contributed by atoms with Gasteiger partial charge in [0.15, 0.2) is 0 Å². The summed E-state index contributed by atoms with van der Waals surface area (Å²) in [6.07, 6.45) is 1.17. The molecule has 0 unspecified atom stereocenters. The van der Waals surface area contributed by atoms with Crippen LogP contribution in [0.3, 0.4) is 0 Å². The highest BCUT2D eigenvalue weighted by Crippen LogP contribution is 2.20. The van der Waals surface area contributed by atoms with Crippen LogP contribution in [0.25, 0.3) is 0 Å². The fourth-order valence-electron chi connectivity index (χ4n) is 1.43. The van der Waals surface area contributed by atoms with Crippen LogP contribution in [0.1, 0.15) is 24.5 Å². The average Bonchev–Trinajstić information content (AvgIpc) is 2.27. The number of benzene rings is 1. The summed E-state index contributed by atoms with van der Waals surface area (Å²) in [7, 11) is 0. The first-order valence-corrected chi connectivity index (χ1v) is 7.07. The van der Waals surface area contributed by atoms with Gasteiger partial charge in [-0.25, -0.2) is 0 Å². The van der Waals surface area contributed by atoms with Crippen molar-refractivity contribution in [1.29, 1.82) is 0 Å². The molecule has 0 bridgehead atoms. The molecule has 0 aromatic heterocycles. The Morgan fingerprint density at radius 2 is 2.12 bits per heavy atom. The zero-order chi connectivity index (χ0) is 12.0. The van der Waals surface area contributed by atoms with E-state index in [1.807, 2.05) is 19.1 Å². The van der Waals surface area contributed by atoms with Gasteiger partial charge in [-0.3, -0.25) is 4.79 Å². The standard InChI is InChI=1S/C12H14Br2O2/c1-2-16-12(15)6-4-9-3-5-11(14)7-10(9)8-13/h3,5,7H,2,4,6,8H2,1H3. The van der Waals surface area contributed by atoms with Gasteiger partial charge in [0, 0.05) is 16.2 Å². The van der Waals surface area contributed by atoms with Crippen LogP contribution >= 0.6 is 31.9 Å². The molecule has 1 rings (SSSR count). The number of alkyl halides is 1. The molecule has 0 N–H and O–H groups in total. The van der Waals surface area contributed by atoms with E-state index in [4.69, 9.17) is 4.74 Å². The zero-order valence-corrected chi connectivity index (χ0v) is 12.3. The third-order valence-corrected chi connectivity index (χ3v) is 3.31. The predicted octanol–water partition coefficient (Wildman–Crippen LogP) is 3.84. The van der Waals surface area contributed by atoms with Gasteiger partial charge in [0.05, 0.1) is 6.61 Å². The molecule has 0 atom stereocenters. The summed E-state index contributed by atoms with van der Waals surface area (Å²) in [5, 5.41) is 0.796. The first-order valence-electron chi connectivity index (χ1n) is 5.16. The summed E-state index contributed by atoms with van der Waals surface area (Å²) in [5.41, 5.74) is 2.40. The van der Waals surface area contributed by atoms with E-state index in [-0.39, 0.29) is 5.97 Å². The maximum absolute atomic E-state index is 11.2. The van der Waals surface area contributed by atoms with E-state index in [2.05, 4.69) is 37.9 Å². The lowest BCUT2D eigenvalue weighted by Crippen LogP contribution is -2.06. The lowest BCUT2D eigenvalue weighted by molar-refractivity contribution is -0.143. The molecule has 4 heteroatoms. The van der Waals surface area contributed by atoms with E-state index in [1.54, 1.807) is 0 Å². The molecule has 0 saturated carbocycles. The number of hydrogen-bond donors (Lipinski definition) is 0. The quantitative estimate of drug-likeness (QED) is 0.596. The van der Waals surface area contributed by atoms with Crippen LogP contribution in [0.2, 0.25) is 0 Å². The molecule has 1 aromatic rings. The van der Waals surface area contributed by atoms with Gasteiger partial charge >= 0.3 is 5.97 Å². The molecule has 0 heterocycles. The van der Waals surface area contributed by atoms with Crippen LogP contribution in [0.4, 0.5) is 0 Å². The monoisotopic (exact) mass is 348 g/mol. The van der Waals surface area contributed by atoms with Crippen molar-refractivity contribution in [2.24, 2.45) is 0 Å². The molecule has 1 aromatic carbocycles. The number of aryl methyl sites for hydroxylation is 1. The van der Waals surface area contributed by atoms with Crippen LogP contribution in [-0.4, -0.2) is 12.6 Å². The maximum atomic E-state index is 11.2. The van der Waals surface area contributed by atoms with Crippen LogP contribution in [-0.2, 0) is 21.3 Å². The first-order chi connectivity index (χ1) is 7.67. The minimum Gasteiger partial charge on any atom is -0.466 e. The largest absolute Gasteiger partial charge is 0.466 e. The fourth-order valence-corrected chi connectivity index (χ4v) is 2.36. The van der Waals surface area contributed by atoms with Crippen molar-refractivity contribution in [2.75, 3.05) is 6.61 Å². The van der Waals surface area contributed by atoms with Gasteiger partial charge in [0.2, 0.25) is 0 Å². The third-order valence-electron chi connectivity index (χ3n) is 2.22. The SMILES string of the molecule is CCOC(=O)CCc1ccc(Br)cc1CBr. The first kappa shape index (κ1) is 13.7. The normalized spacial score (nSPS) is 10.2. The van der Waals surface area contributed by atoms with E-state index in [9.17, 15) is 4.79 Å². The van der Waals surface area contributed by atoms with Crippen LogP contribution < -0.4 is 0 Å². The van der Waals surface area contributed by atoms with E-state index >= 15 is 0 Å². The Balaban J connectivity index is 2.63. The Bertz CT molecular complexity index is 364. The van der Waals surface area contributed by atoms with E-state index < -0.39 is 0 Å². The maximum Gasteiger partial charge on any atom is 0.306 e. The number of esters is 1. The second kappa shape index (κ2) is 7.07. The predicted molar refractivity (Wildman–Crippen MR) is 71.7 cm³/mol. The Labute approximate surface area is 113 Å². The summed E-state index contributed by atoms with van der Waals surface area (Å²) >= 11 is 6.87. The minimum atomic E-state index is -0.133. The van der Waals surface area contributed by atoms with Crippen molar-refractivity contribution >= 4 is 37.8 Å². The highest BCUT2D eigenvalue weighted by molar-refractivity contribution is 9.10. The molecule has 0 amide bonds. The summed E-state index contributed by atoms with van der Waals surface area (Å²) in [5.74, 6) is -0.133. The number of halogens is 2. The Kier molecular flexibility index (Phi) is 6.06. The second-order valence-electron chi connectivity index (χ2n) is 3.35. The number of rotatable bonds is 5. The van der Waals surface area contributed by atoms with Crippen LogP contribution in [0.15, 0.2) is 22.7 Å². The molecule has 16 heavy (non-hydrogen) atoms. The van der Waals surface area contributed by atoms with E-state index in [0.717, 1.165) is 16.2 Å². The van der Waals surface area contributed by atoms with E-state index in [1.165, 1.54) is 11.1 Å². The zero-order valence-electron chi connectivity index (χ0n) is 9.13. The van der Waals surface area contributed by atoms with Gasteiger partial charge < -0.3 is 4.74 Å². The fraction of sp³-hybridized carbons (Fsp3) is 0.417. The van der Waals surface area contributed by atoms with Gasteiger partial charge in [0.1, 0.15) is 0 Å². The highest BCUT2D eigenvalue weighted by atomic mass is 79.9. The number of carbonyl (C=O) groups excluding carboxylic acids is 1. The van der Waals surface area contributed by atoms with Crippen molar-refractivity contribution in [3.05, 3.63) is 33.8 Å². The molecule has 0 aliphatic carbocycles. The molecule has 88 valence electrons. The van der Waals surface area contributed by atoms with Gasteiger partial charge in [-0.15, -0.1) is 0 Å². The van der Waals surface area contributed by atoms with Crippen molar-refractivity contribution in [3.63, 3.8) is 0 Å². The molecule has 2 nitrogen and oxygen atoms in total. The molecule has 0 fully saturated rings. The van der Waals surface area contributed by atoms with Crippen molar-refractivity contribution < 1.29 is 9.53 Å². The number of hydrogen-bond acceptors (Lipinski definition) is 2. The van der Waals surface area contributed by atoms with Crippen molar-refractivity contribution in [1.82, 2.24) is 0 Å². The molecule has 0 spiro atoms. The van der Waals surface area contributed by atoms with E-state index in [0.29, 0.717) is 13.0 Å². The molecular formula is C12H14Br2O2. The average molecular weight is 350 g/mol. The third kappa shape index (κ3) is 4.26. The molecule has 0 aliphatic rings. The molecule has 0 saturated heterocycles. The lowest BCUT2D eigenvalue weighted by Gasteiger charge is -2.07. The van der Waals surface area contributed by atoms with Gasteiger partial charge in [-0.05, 0) is 36.6 Å². The minimum absolute atomic E-state index is 0.133. The summed E-state index contributed by atoms with van der Waals surface area (Å²) in [6, 6.07) is 6.10. The number of ether oxygens (including phenoxy) is 1. The Morgan fingerprint density at radius 1 is 1.38 bits per heavy atom. The van der Waals surface area contributed by atoms with Gasteiger partial charge in [-0.1, -0.05) is 37.9 Å². The molecule has 0 aliphatic heterocycles. The van der Waals surface area contributed by atoms with Gasteiger partial charge in [0.25, 0.3) is 0 Å². The van der Waals surface area contributed by atoms with Crippen molar-refractivity contribution in [2.45, 2.75) is 25.1 Å². The Morgan fingerprint density at radius 3 is 2.75 bits per heavy atom. The summed E-state index contributed by atoms with van der Waals surface area (Å²) < 4.78 is 5.96. The summed E-state index contributed by atoms with van der Waals surface area (Å²) in [4.78, 5) is 11.2. The van der Waals surface area contributed by atoms with Crippen LogP contribution in [0, 0.1) is 0 Å². The smallest absolute Gasteiger partial charge is 0.306 e. The van der Waals surface area contributed by atoms with Crippen molar-refractivity contribution in [3.8, 4) is 0 Å². The molecule has 0 radical (unpaired) electrons. The topological polar surface area (TPSA) is 26.3 Å². The molecular weight excluding hydrogens is 336 g/mol. The van der Waals surface area contributed by atoms with Gasteiger partial charge in [-0.2, -0.15) is 0 Å². The number of carbonyl (C=O) groups is 1. The van der Waals surface area contributed by atoms with Crippen LogP contribution in [0.5, 0.6) is 0 Å².